The predicted octanol–water partition coefficient (Wildman–Crippen LogP) is 5.03. The van der Waals surface area contributed by atoms with Gasteiger partial charge < -0.3 is 19.5 Å². The summed E-state index contributed by atoms with van der Waals surface area (Å²) in [4.78, 5) is 24.1. The monoisotopic (exact) mass is 485 g/mol. The predicted molar refractivity (Wildman–Crippen MR) is 138 cm³/mol. The molecule has 0 atom stereocenters. The summed E-state index contributed by atoms with van der Waals surface area (Å²) in [5.74, 6) is 0.184. The minimum absolute atomic E-state index is 0.0421. The number of hydrogen-bond donors (Lipinski definition) is 1. The Balaban J connectivity index is 1.94. The maximum absolute atomic E-state index is 12.2. The molecule has 8 nitrogen and oxygen atoms in total. The van der Waals surface area contributed by atoms with Crippen LogP contribution in [0.2, 0.25) is 0 Å². The molecule has 4 rings (SSSR count). The van der Waals surface area contributed by atoms with Gasteiger partial charge in [0.15, 0.2) is 0 Å². The van der Waals surface area contributed by atoms with Gasteiger partial charge in [0.05, 0.1) is 18.4 Å². The number of aryl methyl sites for hydroxylation is 1. The van der Waals surface area contributed by atoms with E-state index in [0.29, 0.717) is 22.7 Å². The summed E-state index contributed by atoms with van der Waals surface area (Å²) in [7, 11) is 3.06. The summed E-state index contributed by atoms with van der Waals surface area (Å²) < 4.78 is 17.9. The van der Waals surface area contributed by atoms with E-state index in [4.69, 9.17) is 19.3 Å². The number of esters is 1. The van der Waals surface area contributed by atoms with Crippen molar-refractivity contribution in [1.29, 1.82) is 0 Å². The van der Waals surface area contributed by atoms with Gasteiger partial charge >= 0.3 is 5.97 Å². The molecule has 1 N–H and O–H groups in total. The number of nitrogens with one attached hydrogen (secondary N) is 1. The van der Waals surface area contributed by atoms with Gasteiger partial charge in [0.1, 0.15) is 18.1 Å². The molecule has 0 fully saturated rings. The van der Waals surface area contributed by atoms with Crippen molar-refractivity contribution in [1.82, 2.24) is 9.78 Å². The van der Waals surface area contributed by atoms with Crippen LogP contribution >= 0.6 is 0 Å². The number of aromatic nitrogens is 2. The summed E-state index contributed by atoms with van der Waals surface area (Å²) in [5.41, 5.74) is 5.08. The van der Waals surface area contributed by atoms with Crippen molar-refractivity contribution in [2.24, 2.45) is 0 Å². The second-order valence-corrected chi connectivity index (χ2v) is 8.13. The number of methoxy groups -OCH3 is 2. The van der Waals surface area contributed by atoms with Gasteiger partial charge in [-0.05, 0) is 54.4 Å². The average molecular weight is 486 g/mol. The number of ether oxygens (including phenoxy) is 3. The number of benzene rings is 3. The number of amides is 1. The molecule has 0 spiro atoms. The Morgan fingerprint density at radius 2 is 1.72 bits per heavy atom. The average Bonchev–Trinajstić information content (AvgIpc) is 3.23. The maximum atomic E-state index is 12.2. The lowest BCUT2D eigenvalue weighted by molar-refractivity contribution is -0.132. The lowest BCUT2D eigenvalue weighted by Gasteiger charge is -2.11. The number of hydrogen-bond acceptors (Lipinski definition) is 6. The van der Waals surface area contributed by atoms with E-state index in [1.807, 2.05) is 67.6 Å². The summed E-state index contributed by atoms with van der Waals surface area (Å²) in [6.07, 6.45) is 0. The van der Waals surface area contributed by atoms with E-state index >= 15 is 0 Å². The van der Waals surface area contributed by atoms with Gasteiger partial charge in [0, 0.05) is 25.3 Å². The van der Waals surface area contributed by atoms with E-state index in [1.165, 1.54) is 14.0 Å². The second kappa shape index (κ2) is 10.9. The van der Waals surface area contributed by atoms with Gasteiger partial charge in [-0.3, -0.25) is 9.59 Å². The topological polar surface area (TPSA) is 91.7 Å². The smallest absolute Gasteiger partial charge is 0.309 e. The standard InChI is InChI=1S/C28H27N3O5/c1-18-8-7-9-22(16-18)31-28(36-19(2)32)26(27(30-31)23-10-5-6-11-24(23)35-4)20-12-14-21(15-13-20)29-25(33)17-34-3/h5-16H,17H2,1-4H3,(H,29,33). The fourth-order valence-electron chi connectivity index (χ4n) is 3.91. The molecule has 0 bridgehead atoms. The van der Waals surface area contributed by atoms with Crippen LogP contribution in [0.1, 0.15) is 12.5 Å². The molecule has 0 aliphatic carbocycles. The largest absolute Gasteiger partial charge is 0.496 e. The molecule has 0 radical (unpaired) electrons. The van der Waals surface area contributed by atoms with E-state index in [9.17, 15) is 9.59 Å². The van der Waals surface area contributed by atoms with Gasteiger partial charge in [-0.25, -0.2) is 0 Å². The Bertz CT molecular complexity index is 1390. The number of nitrogens with zero attached hydrogens (tertiary/aromatic N) is 2. The van der Waals surface area contributed by atoms with Crippen molar-refractivity contribution in [3.8, 4) is 39.7 Å². The molecule has 0 aliphatic rings. The summed E-state index contributed by atoms with van der Waals surface area (Å²) >= 11 is 0. The van der Waals surface area contributed by atoms with Crippen LogP contribution in [0.5, 0.6) is 11.6 Å². The molecule has 1 heterocycles. The third kappa shape index (κ3) is 5.29. The zero-order valence-electron chi connectivity index (χ0n) is 20.6. The molecule has 0 aliphatic heterocycles. The van der Waals surface area contributed by atoms with E-state index < -0.39 is 5.97 Å². The van der Waals surface area contributed by atoms with Crippen LogP contribution in [0.25, 0.3) is 28.1 Å². The summed E-state index contributed by atoms with van der Waals surface area (Å²) in [5, 5.41) is 7.68. The van der Waals surface area contributed by atoms with E-state index in [2.05, 4.69) is 5.32 Å². The molecule has 1 aromatic heterocycles. The van der Waals surface area contributed by atoms with Crippen molar-refractivity contribution in [2.45, 2.75) is 13.8 Å². The number of carbonyl (C=O) groups excluding carboxylic acids is 2. The number of carbonyl (C=O) groups is 2. The van der Waals surface area contributed by atoms with Gasteiger partial charge in [-0.15, -0.1) is 0 Å². The third-order valence-electron chi connectivity index (χ3n) is 5.42. The van der Waals surface area contributed by atoms with Crippen molar-refractivity contribution in [3.63, 3.8) is 0 Å². The van der Waals surface area contributed by atoms with Crippen molar-refractivity contribution >= 4 is 17.6 Å². The van der Waals surface area contributed by atoms with Gasteiger partial charge in [0.25, 0.3) is 0 Å². The highest BCUT2D eigenvalue weighted by Gasteiger charge is 2.26. The van der Waals surface area contributed by atoms with Crippen LogP contribution in [-0.2, 0) is 14.3 Å². The molecule has 36 heavy (non-hydrogen) atoms. The highest BCUT2D eigenvalue weighted by molar-refractivity contribution is 5.93. The van der Waals surface area contributed by atoms with E-state index in [0.717, 1.165) is 22.4 Å². The molecule has 184 valence electrons. The molecule has 1 amide bonds. The van der Waals surface area contributed by atoms with Gasteiger partial charge in [-0.1, -0.05) is 36.4 Å². The van der Waals surface area contributed by atoms with Crippen molar-refractivity contribution in [2.75, 3.05) is 26.1 Å². The van der Waals surface area contributed by atoms with E-state index in [-0.39, 0.29) is 18.4 Å². The lowest BCUT2D eigenvalue weighted by atomic mass is 10.00. The Morgan fingerprint density at radius 1 is 0.972 bits per heavy atom. The zero-order valence-corrected chi connectivity index (χ0v) is 20.6. The number of para-hydroxylation sites is 1. The molecule has 0 saturated heterocycles. The first-order chi connectivity index (χ1) is 17.4. The Kier molecular flexibility index (Phi) is 7.46. The molecular weight excluding hydrogens is 458 g/mol. The molecule has 4 aromatic rings. The molecular formula is C28H27N3O5. The Morgan fingerprint density at radius 3 is 2.39 bits per heavy atom. The Hall–Kier alpha value is -4.43. The quantitative estimate of drug-likeness (QED) is 0.352. The van der Waals surface area contributed by atoms with Crippen molar-refractivity contribution in [3.05, 3.63) is 78.4 Å². The SMILES string of the molecule is COCC(=O)Nc1ccc(-c2c(-c3ccccc3OC)nn(-c3cccc(C)c3)c2OC(C)=O)cc1. The first kappa shape index (κ1) is 24.7. The van der Waals surface area contributed by atoms with Crippen LogP contribution < -0.4 is 14.8 Å². The van der Waals surface area contributed by atoms with Crippen LogP contribution in [0, 0.1) is 6.92 Å². The fraction of sp³-hybridized carbons (Fsp3) is 0.179. The summed E-state index contributed by atoms with van der Waals surface area (Å²) in [6.45, 7) is 3.30. The minimum atomic E-state index is -0.472. The number of anilines is 1. The highest BCUT2D eigenvalue weighted by Crippen LogP contribution is 2.43. The summed E-state index contributed by atoms with van der Waals surface area (Å²) in [6, 6.07) is 22.5. The first-order valence-electron chi connectivity index (χ1n) is 11.3. The van der Waals surface area contributed by atoms with Gasteiger partial charge in [0.2, 0.25) is 11.8 Å². The molecule has 3 aromatic carbocycles. The van der Waals surface area contributed by atoms with E-state index in [1.54, 1.807) is 23.9 Å². The number of rotatable bonds is 8. The van der Waals surface area contributed by atoms with Gasteiger partial charge in [-0.2, -0.15) is 9.78 Å². The Labute approximate surface area is 209 Å². The second-order valence-electron chi connectivity index (χ2n) is 8.13. The van der Waals surface area contributed by atoms with Crippen LogP contribution in [0.4, 0.5) is 5.69 Å². The lowest BCUT2D eigenvalue weighted by Crippen LogP contribution is -2.16. The first-order valence-corrected chi connectivity index (χ1v) is 11.3. The normalized spacial score (nSPS) is 10.7. The minimum Gasteiger partial charge on any atom is -0.496 e. The highest BCUT2D eigenvalue weighted by atomic mass is 16.5. The molecule has 0 saturated carbocycles. The third-order valence-corrected chi connectivity index (χ3v) is 5.42. The molecule has 0 unspecified atom stereocenters. The van der Waals surface area contributed by atoms with Crippen molar-refractivity contribution < 1.29 is 23.8 Å². The maximum Gasteiger partial charge on any atom is 0.309 e. The molecule has 8 heteroatoms. The van der Waals surface area contributed by atoms with Crippen LogP contribution in [0.3, 0.4) is 0 Å². The van der Waals surface area contributed by atoms with Crippen LogP contribution in [0.15, 0.2) is 72.8 Å². The zero-order chi connectivity index (χ0) is 25.7. The fourth-order valence-corrected chi connectivity index (χ4v) is 3.91. The van der Waals surface area contributed by atoms with Crippen LogP contribution in [-0.4, -0.2) is 42.5 Å².